The van der Waals surface area contributed by atoms with E-state index < -0.39 is 0 Å². The zero-order chi connectivity index (χ0) is 18.3. The standard InChI is InChI=1S/C26H36/c1-18(2)8-7-9-19(3)24-14-15-25-23-13-12-20-10-5-6-11-21(20)22(23)16-17-26(24,25)4/h5-6,10-13,18-19,24-25H,7-9,14-17H2,1-4H3. The molecule has 0 heterocycles. The van der Waals surface area contributed by atoms with E-state index in [-0.39, 0.29) is 0 Å². The van der Waals surface area contributed by atoms with E-state index in [1.54, 1.807) is 11.1 Å². The highest BCUT2D eigenvalue weighted by Crippen LogP contribution is 2.61. The fourth-order valence-electron chi connectivity index (χ4n) is 6.47. The molecule has 0 aliphatic heterocycles. The molecule has 140 valence electrons. The average molecular weight is 349 g/mol. The minimum atomic E-state index is 0.521. The maximum absolute atomic E-state index is 2.63. The van der Waals surface area contributed by atoms with Gasteiger partial charge < -0.3 is 0 Å². The Morgan fingerprint density at radius 1 is 1.00 bits per heavy atom. The SMILES string of the molecule is CC(C)CCCC(C)C1CCC2c3ccc4ccccc4c3CCC21C. The molecule has 2 aliphatic rings. The minimum absolute atomic E-state index is 0.521. The van der Waals surface area contributed by atoms with Crippen molar-refractivity contribution in [3.05, 3.63) is 47.5 Å². The topological polar surface area (TPSA) is 0 Å². The van der Waals surface area contributed by atoms with Crippen molar-refractivity contribution in [1.82, 2.24) is 0 Å². The molecule has 0 bridgehead atoms. The van der Waals surface area contributed by atoms with Crippen molar-refractivity contribution in [1.29, 1.82) is 0 Å². The molecule has 0 spiro atoms. The number of benzene rings is 2. The Bertz CT molecular complexity index is 771. The Hall–Kier alpha value is -1.30. The third-order valence-corrected chi connectivity index (χ3v) is 7.90. The monoisotopic (exact) mass is 348 g/mol. The summed E-state index contributed by atoms with van der Waals surface area (Å²) in [5.74, 6) is 3.43. The molecular formula is C26H36. The lowest BCUT2D eigenvalue weighted by Gasteiger charge is -2.44. The maximum atomic E-state index is 2.63. The van der Waals surface area contributed by atoms with Gasteiger partial charge in [-0.3, -0.25) is 0 Å². The lowest BCUT2D eigenvalue weighted by Crippen LogP contribution is -2.35. The second-order valence-corrected chi connectivity index (χ2v) is 9.90. The lowest BCUT2D eigenvalue weighted by atomic mass is 9.60. The molecule has 0 amide bonds. The molecule has 2 aromatic carbocycles. The van der Waals surface area contributed by atoms with Gasteiger partial charge in [0.15, 0.2) is 0 Å². The highest BCUT2D eigenvalue weighted by atomic mass is 14.5. The van der Waals surface area contributed by atoms with Gasteiger partial charge in [0.25, 0.3) is 0 Å². The van der Waals surface area contributed by atoms with Crippen LogP contribution in [0.2, 0.25) is 0 Å². The summed E-state index contributed by atoms with van der Waals surface area (Å²) < 4.78 is 0. The van der Waals surface area contributed by atoms with Crippen LogP contribution >= 0.6 is 0 Å². The Balaban J connectivity index is 1.59. The van der Waals surface area contributed by atoms with Gasteiger partial charge in [-0.15, -0.1) is 0 Å². The summed E-state index contributed by atoms with van der Waals surface area (Å²) in [5.41, 5.74) is 3.88. The van der Waals surface area contributed by atoms with Crippen molar-refractivity contribution in [2.24, 2.45) is 23.2 Å². The van der Waals surface area contributed by atoms with Crippen LogP contribution in [0.4, 0.5) is 0 Å². The molecule has 0 heteroatoms. The first-order chi connectivity index (χ1) is 12.5. The maximum Gasteiger partial charge on any atom is -0.0102 e. The third-order valence-electron chi connectivity index (χ3n) is 7.90. The van der Waals surface area contributed by atoms with E-state index >= 15 is 0 Å². The molecule has 0 saturated heterocycles. The van der Waals surface area contributed by atoms with Gasteiger partial charge in [0.2, 0.25) is 0 Å². The summed E-state index contributed by atoms with van der Waals surface area (Å²) in [7, 11) is 0. The van der Waals surface area contributed by atoms with E-state index in [0.29, 0.717) is 5.41 Å². The molecule has 4 atom stereocenters. The molecule has 0 radical (unpaired) electrons. The van der Waals surface area contributed by atoms with Crippen LogP contribution in [0.1, 0.15) is 83.3 Å². The fraction of sp³-hybridized carbons (Fsp3) is 0.615. The summed E-state index contributed by atoms with van der Waals surface area (Å²) in [6, 6.07) is 13.9. The molecule has 2 aromatic rings. The van der Waals surface area contributed by atoms with Crippen LogP contribution in [0, 0.1) is 23.2 Å². The Morgan fingerprint density at radius 3 is 2.62 bits per heavy atom. The smallest absolute Gasteiger partial charge is 0.0102 e. The summed E-state index contributed by atoms with van der Waals surface area (Å²) in [5, 5.41) is 2.94. The number of aryl methyl sites for hydroxylation is 1. The zero-order valence-electron chi connectivity index (χ0n) is 17.2. The van der Waals surface area contributed by atoms with Crippen molar-refractivity contribution in [2.75, 3.05) is 0 Å². The molecule has 1 saturated carbocycles. The van der Waals surface area contributed by atoms with Gasteiger partial charge in [-0.1, -0.05) is 83.4 Å². The normalized spacial score (nSPS) is 29.0. The second-order valence-electron chi connectivity index (χ2n) is 9.90. The van der Waals surface area contributed by atoms with Gasteiger partial charge in [-0.2, -0.15) is 0 Å². The van der Waals surface area contributed by atoms with Crippen molar-refractivity contribution in [3.63, 3.8) is 0 Å². The lowest BCUT2D eigenvalue weighted by molar-refractivity contribution is 0.119. The molecule has 4 rings (SSSR count). The van der Waals surface area contributed by atoms with E-state index in [2.05, 4.69) is 64.1 Å². The Labute approximate surface area is 160 Å². The van der Waals surface area contributed by atoms with Crippen LogP contribution in [0.5, 0.6) is 0 Å². The number of hydrogen-bond acceptors (Lipinski definition) is 0. The van der Waals surface area contributed by atoms with Gasteiger partial charge in [0.1, 0.15) is 0 Å². The number of fused-ring (bicyclic) bond motifs is 5. The predicted octanol–water partition coefficient (Wildman–Crippen LogP) is 7.75. The first-order valence-corrected chi connectivity index (χ1v) is 11.0. The minimum Gasteiger partial charge on any atom is -0.0628 e. The van der Waals surface area contributed by atoms with Crippen LogP contribution in [0.15, 0.2) is 36.4 Å². The predicted molar refractivity (Wildman–Crippen MR) is 114 cm³/mol. The quantitative estimate of drug-likeness (QED) is 0.518. The molecule has 1 fully saturated rings. The van der Waals surface area contributed by atoms with Gasteiger partial charge in [0, 0.05) is 0 Å². The van der Waals surface area contributed by atoms with Gasteiger partial charge in [-0.25, -0.2) is 0 Å². The molecule has 0 nitrogen and oxygen atoms in total. The summed E-state index contributed by atoms with van der Waals surface area (Å²) in [4.78, 5) is 0. The van der Waals surface area contributed by atoms with Crippen molar-refractivity contribution in [3.8, 4) is 0 Å². The van der Waals surface area contributed by atoms with Gasteiger partial charge in [0.05, 0.1) is 0 Å². The van der Waals surface area contributed by atoms with E-state index in [9.17, 15) is 0 Å². The first-order valence-electron chi connectivity index (χ1n) is 11.0. The molecule has 0 aromatic heterocycles. The molecule has 26 heavy (non-hydrogen) atoms. The van der Waals surface area contributed by atoms with Crippen molar-refractivity contribution in [2.45, 2.75) is 78.6 Å². The summed E-state index contributed by atoms with van der Waals surface area (Å²) >= 11 is 0. The fourth-order valence-corrected chi connectivity index (χ4v) is 6.47. The largest absolute Gasteiger partial charge is 0.0628 e. The van der Waals surface area contributed by atoms with E-state index in [0.717, 1.165) is 23.7 Å². The first kappa shape index (κ1) is 18.1. The highest BCUT2D eigenvalue weighted by Gasteiger charge is 2.50. The van der Waals surface area contributed by atoms with Crippen LogP contribution in [-0.2, 0) is 6.42 Å². The van der Waals surface area contributed by atoms with E-state index in [1.165, 1.54) is 55.7 Å². The van der Waals surface area contributed by atoms with Crippen LogP contribution < -0.4 is 0 Å². The summed E-state index contributed by atoms with van der Waals surface area (Å²) in [6.45, 7) is 9.90. The van der Waals surface area contributed by atoms with Crippen LogP contribution in [-0.4, -0.2) is 0 Å². The zero-order valence-corrected chi connectivity index (χ0v) is 17.2. The van der Waals surface area contributed by atoms with Crippen molar-refractivity contribution < 1.29 is 0 Å². The summed E-state index contributed by atoms with van der Waals surface area (Å²) in [6.07, 6.45) is 9.74. The van der Waals surface area contributed by atoms with E-state index in [1.807, 2.05) is 0 Å². The second kappa shape index (κ2) is 7.02. The van der Waals surface area contributed by atoms with E-state index in [4.69, 9.17) is 0 Å². The third kappa shape index (κ3) is 3.00. The number of hydrogen-bond donors (Lipinski definition) is 0. The molecule has 0 N–H and O–H groups in total. The highest BCUT2D eigenvalue weighted by molar-refractivity contribution is 5.87. The van der Waals surface area contributed by atoms with Gasteiger partial charge in [-0.05, 0) is 76.7 Å². The van der Waals surface area contributed by atoms with Crippen molar-refractivity contribution >= 4 is 10.8 Å². The molecule has 4 unspecified atom stereocenters. The van der Waals surface area contributed by atoms with Crippen LogP contribution in [0.25, 0.3) is 10.8 Å². The molecular weight excluding hydrogens is 312 g/mol. The average Bonchev–Trinajstić information content (AvgIpc) is 2.98. The van der Waals surface area contributed by atoms with Gasteiger partial charge >= 0.3 is 0 Å². The molecule has 2 aliphatic carbocycles. The Morgan fingerprint density at radius 2 is 1.81 bits per heavy atom. The number of rotatable bonds is 5. The Kier molecular flexibility index (Phi) is 4.88. The van der Waals surface area contributed by atoms with Crippen LogP contribution in [0.3, 0.4) is 0 Å².